The Bertz CT molecular complexity index is 1420. The van der Waals surface area contributed by atoms with Gasteiger partial charge in [-0.1, -0.05) is 35.9 Å². The number of sulfonamides is 1. The SMILES string of the molecule is Nc1ccc(Cn2ncc3c(S(N)(=O)=O)cc(NC(=O)Cc4ccccc4Cl)cc32)cn1. The van der Waals surface area contributed by atoms with E-state index in [1.165, 1.54) is 12.3 Å². The average molecular weight is 471 g/mol. The second-order valence-corrected chi connectivity index (χ2v) is 9.10. The summed E-state index contributed by atoms with van der Waals surface area (Å²) in [5.74, 6) is 0.0331. The highest BCUT2D eigenvalue weighted by molar-refractivity contribution is 7.89. The third-order valence-corrected chi connectivity index (χ3v) is 6.12. The third-order valence-electron chi connectivity index (χ3n) is 4.80. The van der Waals surface area contributed by atoms with Crippen LogP contribution in [0.3, 0.4) is 0 Å². The Hall–Kier alpha value is -3.47. The van der Waals surface area contributed by atoms with Crippen molar-refractivity contribution in [1.29, 1.82) is 0 Å². The number of pyridine rings is 1. The number of halogens is 1. The molecular weight excluding hydrogens is 452 g/mol. The zero-order valence-corrected chi connectivity index (χ0v) is 18.3. The van der Waals surface area contributed by atoms with Gasteiger partial charge in [0, 0.05) is 22.3 Å². The Morgan fingerprint density at radius 3 is 2.59 bits per heavy atom. The molecule has 9 nitrogen and oxygen atoms in total. The minimum atomic E-state index is -4.07. The molecule has 0 aliphatic carbocycles. The summed E-state index contributed by atoms with van der Waals surface area (Å²) in [6, 6.07) is 13.4. The van der Waals surface area contributed by atoms with Crippen LogP contribution >= 0.6 is 11.6 Å². The number of fused-ring (bicyclic) bond motifs is 1. The van der Waals surface area contributed by atoms with Gasteiger partial charge in [0.1, 0.15) is 5.82 Å². The van der Waals surface area contributed by atoms with Crippen LogP contribution in [-0.4, -0.2) is 29.1 Å². The fraction of sp³-hybridized carbons (Fsp3) is 0.0952. The molecule has 0 radical (unpaired) electrons. The predicted octanol–water partition coefficient (Wildman–Crippen LogP) is 2.54. The third kappa shape index (κ3) is 4.72. The summed E-state index contributed by atoms with van der Waals surface area (Å²) in [5.41, 5.74) is 7.86. The molecule has 2 heterocycles. The number of amides is 1. The van der Waals surface area contributed by atoms with Gasteiger partial charge in [-0.3, -0.25) is 9.48 Å². The smallest absolute Gasteiger partial charge is 0.238 e. The molecule has 0 bridgehead atoms. The molecule has 0 aliphatic rings. The maximum atomic E-state index is 12.6. The number of rotatable bonds is 6. The van der Waals surface area contributed by atoms with E-state index in [2.05, 4.69) is 15.4 Å². The lowest BCUT2D eigenvalue weighted by Gasteiger charge is -2.11. The van der Waals surface area contributed by atoms with Crippen LogP contribution in [0.15, 0.2) is 65.8 Å². The number of nitrogens with two attached hydrogens (primary N) is 2. The van der Waals surface area contributed by atoms with Crippen molar-refractivity contribution < 1.29 is 13.2 Å². The van der Waals surface area contributed by atoms with Gasteiger partial charge in [-0.2, -0.15) is 5.10 Å². The summed E-state index contributed by atoms with van der Waals surface area (Å²) in [6.45, 7) is 0.317. The van der Waals surface area contributed by atoms with Gasteiger partial charge in [0.2, 0.25) is 15.9 Å². The number of nitrogens with one attached hydrogen (secondary N) is 1. The van der Waals surface area contributed by atoms with Crippen LogP contribution in [0.1, 0.15) is 11.1 Å². The summed E-state index contributed by atoms with van der Waals surface area (Å²) in [6.07, 6.45) is 3.06. The van der Waals surface area contributed by atoms with Crippen molar-refractivity contribution in [2.45, 2.75) is 17.9 Å². The van der Waals surface area contributed by atoms with Gasteiger partial charge in [0.25, 0.3) is 0 Å². The van der Waals surface area contributed by atoms with Crippen LogP contribution in [0.2, 0.25) is 5.02 Å². The zero-order chi connectivity index (χ0) is 22.9. The molecule has 4 rings (SSSR count). The topological polar surface area (TPSA) is 146 Å². The Balaban J connectivity index is 1.70. The fourth-order valence-corrected chi connectivity index (χ4v) is 4.26. The van der Waals surface area contributed by atoms with Crippen molar-refractivity contribution in [3.63, 3.8) is 0 Å². The van der Waals surface area contributed by atoms with E-state index in [-0.39, 0.29) is 22.9 Å². The molecule has 11 heteroatoms. The van der Waals surface area contributed by atoms with E-state index in [1.807, 2.05) is 0 Å². The van der Waals surface area contributed by atoms with Crippen molar-refractivity contribution in [2.75, 3.05) is 11.1 Å². The molecular formula is C21H19ClN6O3S. The number of nitrogens with zero attached hydrogens (tertiary/aromatic N) is 3. The van der Waals surface area contributed by atoms with Gasteiger partial charge in [-0.05, 0) is 35.4 Å². The summed E-state index contributed by atoms with van der Waals surface area (Å²) in [7, 11) is -4.07. The van der Waals surface area contributed by atoms with Crippen molar-refractivity contribution in [2.24, 2.45) is 5.14 Å². The first-order chi connectivity index (χ1) is 15.2. The molecule has 1 amide bonds. The molecule has 0 saturated carbocycles. The van der Waals surface area contributed by atoms with E-state index in [9.17, 15) is 13.2 Å². The van der Waals surface area contributed by atoms with Crippen LogP contribution in [0.4, 0.5) is 11.5 Å². The molecule has 2 aromatic heterocycles. The van der Waals surface area contributed by atoms with E-state index < -0.39 is 10.0 Å². The molecule has 0 unspecified atom stereocenters. The van der Waals surface area contributed by atoms with E-state index in [4.69, 9.17) is 22.5 Å². The second-order valence-electron chi connectivity index (χ2n) is 7.16. The van der Waals surface area contributed by atoms with Gasteiger partial charge >= 0.3 is 0 Å². The maximum Gasteiger partial charge on any atom is 0.238 e. The molecule has 4 aromatic rings. The second kappa shape index (κ2) is 8.58. The van der Waals surface area contributed by atoms with Crippen LogP contribution in [-0.2, 0) is 27.8 Å². The number of benzene rings is 2. The van der Waals surface area contributed by atoms with Crippen LogP contribution in [0.25, 0.3) is 10.9 Å². The lowest BCUT2D eigenvalue weighted by Crippen LogP contribution is -2.17. The van der Waals surface area contributed by atoms with E-state index >= 15 is 0 Å². The number of aromatic nitrogens is 3. The monoisotopic (exact) mass is 470 g/mol. The quantitative estimate of drug-likeness (QED) is 0.394. The van der Waals surface area contributed by atoms with E-state index in [0.29, 0.717) is 33.9 Å². The lowest BCUT2D eigenvalue weighted by atomic mass is 10.1. The average Bonchev–Trinajstić information content (AvgIpc) is 3.12. The van der Waals surface area contributed by atoms with Gasteiger partial charge < -0.3 is 11.1 Å². The summed E-state index contributed by atoms with van der Waals surface area (Å²) in [4.78, 5) is 16.5. The Labute approximate surface area is 189 Å². The normalized spacial score (nSPS) is 11.6. The van der Waals surface area contributed by atoms with Crippen molar-refractivity contribution in [1.82, 2.24) is 14.8 Å². The molecule has 0 atom stereocenters. The number of primary sulfonamides is 1. The fourth-order valence-electron chi connectivity index (χ4n) is 3.30. The largest absolute Gasteiger partial charge is 0.384 e. The number of hydrogen-bond donors (Lipinski definition) is 3. The highest BCUT2D eigenvalue weighted by atomic mass is 35.5. The van der Waals surface area contributed by atoms with Crippen molar-refractivity contribution >= 4 is 49.9 Å². The van der Waals surface area contributed by atoms with E-state index in [0.717, 1.165) is 5.56 Å². The first-order valence-electron chi connectivity index (χ1n) is 9.47. The first kappa shape index (κ1) is 21.8. The highest BCUT2D eigenvalue weighted by Gasteiger charge is 2.19. The predicted molar refractivity (Wildman–Crippen MR) is 123 cm³/mol. The van der Waals surface area contributed by atoms with Crippen molar-refractivity contribution in [3.05, 3.63) is 77.1 Å². The Morgan fingerprint density at radius 2 is 1.91 bits per heavy atom. The lowest BCUT2D eigenvalue weighted by molar-refractivity contribution is -0.115. The summed E-state index contributed by atoms with van der Waals surface area (Å²) < 4.78 is 26.0. The standard InChI is InChI=1S/C21H19ClN6O3S/c22-17-4-2-1-3-14(17)7-21(29)27-15-8-18-16(19(9-15)32(24,30)31)11-26-28(18)12-13-5-6-20(23)25-10-13/h1-6,8-11H,7,12H2,(H2,23,25)(H,27,29)(H2,24,30,31). The van der Waals surface area contributed by atoms with Gasteiger partial charge in [-0.15, -0.1) is 0 Å². The number of carbonyl (C=O) groups is 1. The van der Waals surface area contributed by atoms with Gasteiger partial charge in [0.05, 0.1) is 29.6 Å². The number of anilines is 2. The molecule has 0 fully saturated rings. The minimum absolute atomic E-state index is 0.0266. The van der Waals surface area contributed by atoms with Gasteiger partial charge in [-0.25, -0.2) is 18.5 Å². The Kier molecular flexibility index (Phi) is 5.83. The number of hydrogen-bond acceptors (Lipinski definition) is 6. The summed E-state index contributed by atoms with van der Waals surface area (Å²) in [5, 5.41) is 13.3. The molecule has 164 valence electrons. The van der Waals surface area contributed by atoms with Gasteiger partial charge in [0.15, 0.2) is 0 Å². The number of nitrogen functional groups attached to an aromatic ring is 1. The maximum absolute atomic E-state index is 12.6. The molecule has 0 saturated heterocycles. The van der Waals surface area contributed by atoms with Crippen LogP contribution < -0.4 is 16.2 Å². The summed E-state index contributed by atoms with van der Waals surface area (Å²) >= 11 is 6.13. The van der Waals surface area contributed by atoms with Crippen LogP contribution in [0, 0.1) is 0 Å². The van der Waals surface area contributed by atoms with Crippen LogP contribution in [0.5, 0.6) is 0 Å². The molecule has 5 N–H and O–H groups in total. The minimum Gasteiger partial charge on any atom is -0.384 e. The molecule has 32 heavy (non-hydrogen) atoms. The zero-order valence-electron chi connectivity index (χ0n) is 16.7. The highest BCUT2D eigenvalue weighted by Crippen LogP contribution is 2.28. The first-order valence-corrected chi connectivity index (χ1v) is 11.4. The van der Waals surface area contributed by atoms with Crippen molar-refractivity contribution in [3.8, 4) is 0 Å². The molecule has 2 aromatic carbocycles. The number of carbonyl (C=O) groups excluding carboxylic acids is 1. The van der Waals surface area contributed by atoms with E-state index in [1.54, 1.807) is 53.3 Å². The molecule has 0 aliphatic heterocycles. The molecule has 0 spiro atoms. The Morgan fingerprint density at radius 1 is 1.12 bits per heavy atom.